The van der Waals surface area contributed by atoms with E-state index in [4.69, 9.17) is 14.2 Å². The lowest BCUT2D eigenvalue weighted by molar-refractivity contribution is -0.141. The van der Waals surface area contributed by atoms with Crippen molar-refractivity contribution in [3.8, 4) is 28.5 Å². The summed E-state index contributed by atoms with van der Waals surface area (Å²) in [5.41, 5.74) is -0.0996. The summed E-state index contributed by atoms with van der Waals surface area (Å²) in [7, 11) is 4.34. The molecule has 0 bridgehead atoms. The minimum absolute atomic E-state index is 0.114. The van der Waals surface area contributed by atoms with Gasteiger partial charge in [0.15, 0.2) is 16.7 Å². The first-order valence-corrected chi connectivity index (χ1v) is 10.8. The molecule has 0 aliphatic heterocycles. The number of alkyl halides is 3. The molecule has 1 N–H and O–H groups in total. The second kappa shape index (κ2) is 10.6. The molecular weight excluding hydrogens is 471 g/mol. The highest BCUT2D eigenvalue weighted by molar-refractivity contribution is 8.00. The van der Waals surface area contributed by atoms with E-state index in [-0.39, 0.29) is 10.9 Å². The van der Waals surface area contributed by atoms with Gasteiger partial charge in [-0.05, 0) is 13.0 Å². The molecule has 3 aromatic rings. The van der Waals surface area contributed by atoms with E-state index < -0.39 is 23.0 Å². The number of carbonyl (C=O) groups excluding carboxylic acids is 1. The van der Waals surface area contributed by atoms with Crippen LogP contribution >= 0.6 is 11.8 Å². The lowest BCUT2D eigenvalue weighted by Gasteiger charge is -2.16. The molecule has 0 spiro atoms. The fourth-order valence-corrected chi connectivity index (χ4v) is 3.77. The Labute approximate surface area is 198 Å². The zero-order valence-corrected chi connectivity index (χ0v) is 19.6. The summed E-state index contributed by atoms with van der Waals surface area (Å²) >= 11 is 0.816. The second-order valence-electron chi connectivity index (χ2n) is 6.95. The monoisotopic (exact) mass is 493 g/mol. The van der Waals surface area contributed by atoms with Gasteiger partial charge in [-0.15, -0.1) is 0 Å². The maximum absolute atomic E-state index is 13.4. The molecule has 0 fully saturated rings. The van der Waals surface area contributed by atoms with Gasteiger partial charge in [-0.25, -0.2) is 9.97 Å². The fourth-order valence-electron chi connectivity index (χ4n) is 2.99. The Morgan fingerprint density at radius 3 is 2.12 bits per heavy atom. The molecule has 1 atom stereocenters. The van der Waals surface area contributed by atoms with E-state index in [9.17, 15) is 18.0 Å². The number of thioether (sulfide) groups is 1. The van der Waals surface area contributed by atoms with Gasteiger partial charge in [0.05, 0.1) is 32.3 Å². The number of anilines is 1. The minimum Gasteiger partial charge on any atom is -0.493 e. The lowest BCUT2D eigenvalue weighted by Crippen LogP contribution is -2.23. The van der Waals surface area contributed by atoms with Crippen molar-refractivity contribution in [2.45, 2.75) is 23.5 Å². The molecule has 3 rings (SSSR count). The molecule has 1 amide bonds. The van der Waals surface area contributed by atoms with Crippen molar-refractivity contribution >= 4 is 23.4 Å². The average Bonchev–Trinajstić information content (AvgIpc) is 2.83. The summed E-state index contributed by atoms with van der Waals surface area (Å²) in [6.45, 7) is 1.55. The van der Waals surface area contributed by atoms with Gasteiger partial charge in [-0.3, -0.25) is 4.79 Å². The summed E-state index contributed by atoms with van der Waals surface area (Å²) in [6, 6.07) is 12.4. The predicted molar refractivity (Wildman–Crippen MR) is 123 cm³/mol. The zero-order valence-electron chi connectivity index (χ0n) is 18.8. The quantitative estimate of drug-likeness (QED) is 0.337. The van der Waals surface area contributed by atoms with Gasteiger partial charge >= 0.3 is 6.18 Å². The van der Waals surface area contributed by atoms with Gasteiger partial charge < -0.3 is 19.5 Å². The molecule has 7 nitrogen and oxygen atoms in total. The first-order valence-electron chi connectivity index (χ1n) is 9.95. The molecule has 0 radical (unpaired) electrons. The van der Waals surface area contributed by atoms with Crippen molar-refractivity contribution in [3.63, 3.8) is 0 Å². The van der Waals surface area contributed by atoms with E-state index in [1.165, 1.54) is 21.3 Å². The Kier molecular flexibility index (Phi) is 7.87. The topological polar surface area (TPSA) is 82.6 Å². The number of rotatable bonds is 8. The van der Waals surface area contributed by atoms with Crippen LogP contribution < -0.4 is 19.5 Å². The summed E-state index contributed by atoms with van der Waals surface area (Å²) in [5.74, 6) is 0.565. The lowest BCUT2D eigenvalue weighted by atomic mass is 10.1. The molecule has 1 aromatic heterocycles. The number of aromatic nitrogens is 2. The summed E-state index contributed by atoms with van der Waals surface area (Å²) in [4.78, 5) is 20.7. The molecule has 0 unspecified atom stereocenters. The van der Waals surface area contributed by atoms with Crippen LogP contribution in [0.15, 0.2) is 53.7 Å². The van der Waals surface area contributed by atoms with Crippen LogP contribution in [0.2, 0.25) is 0 Å². The first-order chi connectivity index (χ1) is 16.2. The number of ether oxygens (including phenoxy) is 3. The number of nitrogens with zero attached hydrogens (tertiary/aromatic N) is 2. The van der Waals surface area contributed by atoms with Crippen LogP contribution in [0.3, 0.4) is 0 Å². The third kappa shape index (κ3) is 5.90. The SMILES string of the molecule is COc1cc(NC(=O)[C@@H](C)Sc2nc(-c3ccccc3)cc(C(F)(F)F)n2)cc(OC)c1OC. The van der Waals surface area contributed by atoms with Crippen molar-refractivity contribution in [3.05, 3.63) is 54.2 Å². The molecule has 11 heteroatoms. The molecule has 2 aromatic carbocycles. The molecular formula is C23H22F3N3O4S. The fraction of sp³-hybridized carbons (Fsp3) is 0.261. The standard InChI is InChI=1S/C23H22F3N3O4S/c1-13(21(30)27-15-10-17(31-2)20(33-4)18(11-15)32-3)34-22-28-16(14-8-6-5-7-9-14)12-19(29-22)23(24,25)26/h5-13H,1-4H3,(H,27,30)/t13-/m1/s1. The van der Waals surface area contributed by atoms with Crippen molar-refractivity contribution in [2.75, 3.05) is 26.6 Å². The van der Waals surface area contributed by atoms with Gasteiger partial charge in [0.1, 0.15) is 5.69 Å². The Balaban J connectivity index is 1.85. The predicted octanol–water partition coefficient (Wildman–Crippen LogP) is 5.31. The van der Waals surface area contributed by atoms with Gasteiger partial charge in [-0.2, -0.15) is 13.2 Å². The average molecular weight is 494 g/mol. The Morgan fingerprint density at radius 2 is 1.59 bits per heavy atom. The van der Waals surface area contributed by atoms with Gasteiger partial charge in [0.25, 0.3) is 0 Å². The highest BCUT2D eigenvalue weighted by atomic mass is 32.2. The van der Waals surface area contributed by atoms with Crippen LogP contribution in [0.1, 0.15) is 12.6 Å². The number of hydrogen-bond donors (Lipinski definition) is 1. The zero-order chi connectivity index (χ0) is 24.9. The van der Waals surface area contributed by atoms with Crippen molar-refractivity contribution in [1.29, 1.82) is 0 Å². The van der Waals surface area contributed by atoms with E-state index >= 15 is 0 Å². The van der Waals surface area contributed by atoms with Crippen molar-refractivity contribution in [1.82, 2.24) is 9.97 Å². The summed E-state index contributed by atoms with van der Waals surface area (Å²) in [6.07, 6.45) is -4.66. The highest BCUT2D eigenvalue weighted by Gasteiger charge is 2.34. The third-order valence-electron chi connectivity index (χ3n) is 4.65. The van der Waals surface area contributed by atoms with Crippen molar-refractivity contribution in [2.24, 2.45) is 0 Å². The summed E-state index contributed by atoms with van der Waals surface area (Å²) in [5, 5.41) is 1.72. The number of carbonyl (C=O) groups is 1. The molecule has 34 heavy (non-hydrogen) atoms. The van der Waals surface area contributed by atoms with E-state index in [0.29, 0.717) is 28.5 Å². The van der Waals surface area contributed by atoms with Gasteiger partial charge in [0.2, 0.25) is 11.7 Å². The van der Waals surface area contributed by atoms with Gasteiger partial charge in [0, 0.05) is 23.4 Å². The van der Waals surface area contributed by atoms with Crippen LogP contribution in [-0.2, 0) is 11.0 Å². The van der Waals surface area contributed by atoms with Crippen molar-refractivity contribution < 1.29 is 32.2 Å². The smallest absolute Gasteiger partial charge is 0.433 e. The largest absolute Gasteiger partial charge is 0.493 e. The van der Waals surface area contributed by atoms with Crippen LogP contribution in [0.4, 0.5) is 18.9 Å². The number of nitrogens with one attached hydrogen (secondary N) is 1. The molecule has 0 saturated carbocycles. The maximum atomic E-state index is 13.4. The van der Waals surface area contributed by atoms with E-state index in [1.807, 2.05) is 0 Å². The van der Waals surface area contributed by atoms with E-state index in [0.717, 1.165) is 17.8 Å². The first kappa shape index (κ1) is 25.2. The maximum Gasteiger partial charge on any atom is 0.433 e. The number of methoxy groups -OCH3 is 3. The molecule has 0 saturated heterocycles. The summed E-state index contributed by atoms with van der Waals surface area (Å²) < 4.78 is 56.1. The third-order valence-corrected chi connectivity index (χ3v) is 5.61. The van der Waals surface area contributed by atoms with E-state index in [1.54, 1.807) is 49.4 Å². The Morgan fingerprint density at radius 1 is 0.971 bits per heavy atom. The van der Waals surface area contributed by atoms with Crippen LogP contribution in [-0.4, -0.2) is 42.5 Å². The highest BCUT2D eigenvalue weighted by Crippen LogP contribution is 2.40. The van der Waals surface area contributed by atoms with Crippen LogP contribution in [0.25, 0.3) is 11.3 Å². The number of halogens is 3. The van der Waals surface area contributed by atoms with Gasteiger partial charge in [-0.1, -0.05) is 42.1 Å². The molecule has 0 aliphatic carbocycles. The Hall–Kier alpha value is -3.47. The molecule has 180 valence electrons. The van der Waals surface area contributed by atoms with Crippen LogP contribution in [0.5, 0.6) is 17.2 Å². The number of amides is 1. The molecule has 1 heterocycles. The van der Waals surface area contributed by atoms with E-state index in [2.05, 4.69) is 15.3 Å². The van der Waals surface area contributed by atoms with Crippen LogP contribution in [0, 0.1) is 0 Å². The molecule has 0 aliphatic rings. The minimum atomic E-state index is -4.66. The number of benzene rings is 2. The normalized spacial score (nSPS) is 12.1. The number of hydrogen-bond acceptors (Lipinski definition) is 7. The second-order valence-corrected chi connectivity index (χ2v) is 8.26. The Bertz CT molecular complexity index is 1130.